The van der Waals surface area contributed by atoms with Crippen LogP contribution in [-0.4, -0.2) is 60.4 Å². The SMILES string of the molecule is CCCCNC(=O)C1CCC(C)N(CC(=O)N2CCCCCC2)C1. The molecule has 2 amide bonds. The maximum atomic E-state index is 12.6. The second-order valence-electron chi connectivity index (χ2n) is 7.49. The van der Waals surface area contributed by atoms with Crippen molar-refractivity contribution in [3.63, 3.8) is 0 Å². The van der Waals surface area contributed by atoms with Crippen LogP contribution in [0.4, 0.5) is 0 Å². The summed E-state index contributed by atoms with van der Waals surface area (Å²) in [7, 11) is 0. The Morgan fingerprint density at radius 3 is 2.46 bits per heavy atom. The second-order valence-corrected chi connectivity index (χ2v) is 7.49. The highest BCUT2D eigenvalue weighted by atomic mass is 16.2. The first-order valence-corrected chi connectivity index (χ1v) is 9.91. The first-order valence-electron chi connectivity index (χ1n) is 9.91. The van der Waals surface area contributed by atoms with Gasteiger partial charge in [-0.05, 0) is 39.0 Å². The summed E-state index contributed by atoms with van der Waals surface area (Å²) in [5.41, 5.74) is 0. The van der Waals surface area contributed by atoms with E-state index < -0.39 is 0 Å². The third kappa shape index (κ3) is 5.76. The van der Waals surface area contributed by atoms with Crippen molar-refractivity contribution in [1.29, 1.82) is 0 Å². The van der Waals surface area contributed by atoms with E-state index in [2.05, 4.69) is 24.1 Å². The molecule has 24 heavy (non-hydrogen) atoms. The fraction of sp³-hybridized carbons (Fsp3) is 0.895. The van der Waals surface area contributed by atoms with Crippen molar-refractivity contribution in [2.45, 2.75) is 71.3 Å². The molecule has 2 aliphatic rings. The lowest BCUT2D eigenvalue weighted by molar-refractivity contribution is -0.135. The van der Waals surface area contributed by atoms with Crippen molar-refractivity contribution < 1.29 is 9.59 Å². The van der Waals surface area contributed by atoms with Crippen molar-refractivity contribution in [1.82, 2.24) is 15.1 Å². The molecule has 5 nitrogen and oxygen atoms in total. The van der Waals surface area contributed by atoms with Crippen molar-refractivity contribution in [3.8, 4) is 0 Å². The molecule has 2 aliphatic heterocycles. The molecule has 2 heterocycles. The molecule has 2 saturated heterocycles. The van der Waals surface area contributed by atoms with Gasteiger partial charge in [-0.3, -0.25) is 14.5 Å². The Bertz CT molecular complexity index is 405. The molecule has 1 N–H and O–H groups in total. The van der Waals surface area contributed by atoms with E-state index in [0.717, 1.165) is 64.7 Å². The number of likely N-dealkylation sites (tertiary alicyclic amines) is 2. The maximum Gasteiger partial charge on any atom is 0.236 e. The molecule has 2 rings (SSSR count). The maximum absolute atomic E-state index is 12.6. The highest BCUT2D eigenvalue weighted by Gasteiger charge is 2.31. The number of carbonyl (C=O) groups excluding carboxylic acids is 2. The molecule has 0 radical (unpaired) electrons. The molecule has 138 valence electrons. The minimum atomic E-state index is 0.0370. The highest BCUT2D eigenvalue weighted by Crippen LogP contribution is 2.22. The summed E-state index contributed by atoms with van der Waals surface area (Å²) in [6.45, 7) is 8.09. The quantitative estimate of drug-likeness (QED) is 0.757. The summed E-state index contributed by atoms with van der Waals surface area (Å²) in [6, 6.07) is 0.389. The predicted molar refractivity (Wildman–Crippen MR) is 96.7 cm³/mol. The number of unbranched alkanes of at least 4 members (excludes halogenated alkanes) is 1. The van der Waals surface area contributed by atoms with Gasteiger partial charge in [-0.25, -0.2) is 0 Å². The average Bonchev–Trinajstić information content (AvgIpc) is 2.86. The monoisotopic (exact) mass is 337 g/mol. The molecule has 2 fully saturated rings. The van der Waals surface area contributed by atoms with Gasteiger partial charge >= 0.3 is 0 Å². The number of rotatable bonds is 6. The van der Waals surface area contributed by atoms with Gasteiger partial charge < -0.3 is 10.2 Å². The Hall–Kier alpha value is -1.10. The third-order valence-electron chi connectivity index (χ3n) is 5.51. The van der Waals surface area contributed by atoms with E-state index in [9.17, 15) is 9.59 Å². The van der Waals surface area contributed by atoms with Gasteiger partial charge in [0.1, 0.15) is 0 Å². The van der Waals surface area contributed by atoms with Crippen molar-refractivity contribution >= 4 is 11.8 Å². The summed E-state index contributed by atoms with van der Waals surface area (Å²) in [5.74, 6) is 0.452. The van der Waals surface area contributed by atoms with Gasteiger partial charge in [-0.15, -0.1) is 0 Å². The van der Waals surface area contributed by atoms with E-state index in [0.29, 0.717) is 12.6 Å². The van der Waals surface area contributed by atoms with Crippen molar-refractivity contribution in [2.24, 2.45) is 5.92 Å². The third-order valence-corrected chi connectivity index (χ3v) is 5.51. The molecule has 0 bridgehead atoms. The van der Waals surface area contributed by atoms with E-state index in [1.165, 1.54) is 12.8 Å². The fourth-order valence-electron chi connectivity index (χ4n) is 3.74. The summed E-state index contributed by atoms with van der Waals surface area (Å²) in [4.78, 5) is 29.2. The Labute approximate surface area is 147 Å². The number of carbonyl (C=O) groups is 2. The largest absolute Gasteiger partial charge is 0.356 e. The van der Waals surface area contributed by atoms with Gasteiger partial charge in [0.05, 0.1) is 12.5 Å². The van der Waals surface area contributed by atoms with Gasteiger partial charge in [0.25, 0.3) is 0 Å². The van der Waals surface area contributed by atoms with Crippen LogP contribution in [-0.2, 0) is 9.59 Å². The van der Waals surface area contributed by atoms with Crippen LogP contribution in [0.3, 0.4) is 0 Å². The van der Waals surface area contributed by atoms with Crippen molar-refractivity contribution in [2.75, 3.05) is 32.7 Å². The van der Waals surface area contributed by atoms with E-state index >= 15 is 0 Å². The molecule has 2 atom stereocenters. The van der Waals surface area contributed by atoms with Gasteiger partial charge in [-0.1, -0.05) is 26.2 Å². The van der Waals surface area contributed by atoms with Crippen LogP contribution in [0.1, 0.15) is 65.2 Å². The normalized spacial score (nSPS) is 26.0. The van der Waals surface area contributed by atoms with Crippen LogP contribution in [0.2, 0.25) is 0 Å². The Balaban J connectivity index is 1.83. The van der Waals surface area contributed by atoms with E-state index in [1.54, 1.807) is 0 Å². The topological polar surface area (TPSA) is 52.7 Å². The molecule has 0 aromatic carbocycles. The summed E-state index contributed by atoms with van der Waals surface area (Å²) in [5, 5.41) is 3.05. The fourth-order valence-corrected chi connectivity index (χ4v) is 3.74. The Morgan fingerprint density at radius 2 is 1.79 bits per heavy atom. The summed E-state index contributed by atoms with van der Waals surface area (Å²) in [6.07, 6.45) is 8.80. The lowest BCUT2D eigenvalue weighted by Gasteiger charge is -2.38. The van der Waals surface area contributed by atoms with Gasteiger partial charge in [-0.2, -0.15) is 0 Å². The van der Waals surface area contributed by atoms with Crippen LogP contribution in [0.25, 0.3) is 0 Å². The van der Waals surface area contributed by atoms with Crippen LogP contribution in [0, 0.1) is 5.92 Å². The van der Waals surface area contributed by atoms with Gasteiger partial charge in [0.2, 0.25) is 11.8 Å². The summed E-state index contributed by atoms with van der Waals surface area (Å²) < 4.78 is 0. The Morgan fingerprint density at radius 1 is 1.08 bits per heavy atom. The van der Waals surface area contributed by atoms with Gasteiger partial charge in [0.15, 0.2) is 0 Å². The summed E-state index contributed by atoms with van der Waals surface area (Å²) >= 11 is 0. The van der Waals surface area contributed by atoms with Gasteiger partial charge in [0, 0.05) is 32.2 Å². The van der Waals surface area contributed by atoms with E-state index in [-0.39, 0.29) is 17.7 Å². The van der Waals surface area contributed by atoms with E-state index in [4.69, 9.17) is 0 Å². The number of hydrogen-bond donors (Lipinski definition) is 1. The molecule has 0 aromatic rings. The number of amides is 2. The standard InChI is InChI=1S/C19H35N3O2/c1-3-4-11-20-19(24)17-10-9-16(2)22(14-17)15-18(23)21-12-7-5-6-8-13-21/h16-17H,3-15H2,1-2H3,(H,20,24). The lowest BCUT2D eigenvalue weighted by atomic mass is 9.92. The van der Waals surface area contributed by atoms with E-state index in [1.807, 2.05) is 4.90 Å². The zero-order valence-corrected chi connectivity index (χ0v) is 15.6. The average molecular weight is 338 g/mol. The molecule has 2 unspecified atom stereocenters. The number of hydrogen-bond acceptors (Lipinski definition) is 3. The zero-order chi connectivity index (χ0) is 17.4. The highest BCUT2D eigenvalue weighted by molar-refractivity contribution is 5.80. The van der Waals surface area contributed by atoms with Crippen LogP contribution < -0.4 is 5.32 Å². The number of piperidine rings is 1. The molecule has 0 spiro atoms. The molecular formula is C19H35N3O2. The first kappa shape index (κ1) is 19.2. The molecular weight excluding hydrogens is 302 g/mol. The van der Waals surface area contributed by atoms with Crippen LogP contribution in [0.5, 0.6) is 0 Å². The minimum Gasteiger partial charge on any atom is -0.356 e. The number of nitrogens with zero attached hydrogens (tertiary/aromatic N) is 2. The van der Waals surface area contributed by atoms with Crippen LogP contribution in [0.15, 0.2) is 0 Å². The molecule has 0 aliphatic carbocycles. The molecule has 0 saturated carbocycles. The Kier molecular flexibility index (Phi) is 8.03. The number of nitrogens with one attached hydrogen (secondary N) is 1. The zero-order valence-electron chi connectivity index (χ0n) is 15.6. The van der Waals surface area contributed by atoms with Crippen molar-refractivity contribution in [3.05, 3.63) is 0 Å². The minimum absolute atomic E-state index is 0.0370. The molecule has 0 aromatic heterocycles. The second kappa shape index (κ2) is 10.0. The lowest BCUT2D eigenvalue weighted by Crippen LogP contribution is -2.51. The first-order chi connectivity index (χ1) is 11.6. The smallest absolute Gasteiger partial charge is 0.236 e. The molecule has 5 heteroatoms. The predicted octanol–water partition coefficient (Wildman–Crippen LogP) is 2.41. The van der Waals surface area contributed by atoms with Crippen LogP contribution >= 0.6 is 0 Å².